The lowest BCUT2D eigenvalue weighted by Gasteiger charge is -2.32. The van der Waals surface area contributed by atoms with Crippen LogP contribution in [0.4, 0.5) is 13.2 Å². The summed E-state index contributed by atoms with van der Waals surface area (Å²) in [6, 6.07) is 1.01. The Morgan fingerprint density at radius 1 is 1.05 bits per heavy atom. The summed E-state index contributed by atoms with van der Waals surface area (Å²) in [5.41, 5.74) is -1.72. The van der Waals surface area contributed by atoms with Crippen molar-refractivity contribution in [3.05, 3.63) is 24.0 Å². The predicted octanol–water partition coefficient (Wildman–Crippen LogP) is 2.40. The maximum absolute atomic E-state index is 12.6. The average molecular weight is 273 g/mol. The molecule has 104 valence electrons. The topological polar surface area (TPSA) is 31.4 Å². The van der Waals surface area contributed by atoms with Crippen molar-refractivity contribution < 1.29 is 22.5 Å². The van der Waals surface area contributed by atoms with Gasteiger partial charge >= 0.3 is 13.3 Å². The maximum atomic E-state index is 12.6. The molecule has 0 aromatic carbocycles. The zero-order valence-corrected chi connectivity index (χ0v) is 11.2. The van der Waals surface area contributed by atoms with Gasteiger partial charge in [-0.25, -0.2) is 0 Å². The van der Waals surface area contributed by atoms with Crippen molar-refractivity contribution in [3.63, 3.8) is 0 Å². The minimum atomic E-state index is -4.42. The van der Waals surface area contributed by atoms with Gasteiger partial charge in [-0.15, -0.1) is 0 Å². The van der Waals surface area contributed by atoms with E-state index < -0.39 is 30.1 Å². The number of nitrogens with zero attached hydrogens (tertiary/aromatic N) is 1. The Kier molecular flexibility index (Phi) is 3.18. The molecule has 2 heterocycles. The summed E-state index contributed by atoms with van der Waals surface area (Å²) in [5.74, 6) is 0. The highest BCUT2D eigenvalue weighted by atomic mass is 19.4. The fraction of sp³-hybridized carbons (Fsp3) is 0.583. The van der Waals surface area contributed by atoms with Gasteiger partial charge in [-0.3, -0.25) is 4.98 Å². The summed E-state index contributed by atoms with van der Waals surface area (Å²) in [6.45, 7) is 7.37. The maximum Gasteiger partial charge on any atom is 0.496 e. The molecule has 1 fully saturated rings. The Bertz CT molecular complexity index is 472. The van der Waals surface area contributed by atoms with Crippen molar-refractivity contribution in [2.45, 2.75) is 45.1 Å². The minimum absolute atomic E-state index is 0.272. The lowest BCUT2D eigenvalue weighted by Crippen LogP contribution is -2.41. The van der Waals surface area contributed by atoms with Gasteiger partial charge in [-0.1, -0.05) is 0 Å². The van der Waals surface area contributed by atoms with Crippen LogP contribution in [-0.4, -0.2) is 23.3 Å². The fourth-order valence-electron chi connectivity index (χ4n) is 1.72. The number of hydrogen-bond acceptors (Lipinski definition) is 3. The van der Waals surface area contributed by atoms with Crippen LogP contribution in [0.2, 0.25) is 0 Å². The Hall–Kier alpha value is -1.08. The summed E-state index contributed by atoms with van der Waals surface area (Å²) >= 11 is 0. The van der Waals surface area contributed by atoms with Gasteiger partial charge in [-0.2, -0.15) is 13.2 Å². The number of rotatable bonds is 1. The standard InChI is InChI=1S/C12H15BF3NO2/c1-10(2)11(3,4)19-13(18-10)9-5-8(6-17-7-9)12(14,15)16/h5-7H,1-4H3. The SMILES string of the molecule is CC1(C)OB(c2cncc(C(F)(F)F)c2)OC1(C)C. The van der Waals surface area contributed by atoms with Crippen LogP contribution < -0.4 is 5.46 Å². The molecule has 0 aliphatic carbocycles. The molecular weight excluding hydrogens is 258 g/mol. The summed E-state index contributed by atoms with van der Waals surface area (Å²) in [7, 11) is -0.834. The molecule has 2 rings (SSSR count). The van der Waals surface area contributed by atoms with Crippen LogP contribution in [0.3, 0.4) is 0 Å². The molecule has 3 nitrogen and oxygen atoms in total. The van der Waals surface area contributed by atoms with Crippen molar-refractivity contribution >= 4 is 12.6 Å². The van der Waals surface area contributed by atoms with Crippen LogP contribution >= 0.6 is 0 Å². The van der Waals surface area contributed by atoms with Crippen LogP contribution in [0.25, 0.3) is 0 Å². The van der Waals surface area contributed by atoms with Crippen LogP contribution in [0, 0.1) is 0 Å². The van der Waals surface area contributed by atoms with Crippen LogP contribution in [0.1, 0.15) is 33.3 Å². The summed E-state index contributed by atoms with van der Waals surface area (Å²) in [6.07, 6.45) is -2.31. The molecule has 1 saturated heterocycles. The van der Waals surface area contributed by atoms with E-state index in [0.29, 0.717) is 0 Å². The van der Waals surface area contributed by atoms with E-state index in [-0.39, 0.29) is 5.46 Å². The smallest absolute Gasteiger partial charge is 0.399 e. The molecule has 0 N–H and O–H groups in total. The molecule has 19 heavy (non-hydrogen) atoms. The Balaban J connectivity index is 2.30. The number of halogens is 3. The molecule has 7 heteroatoms. The number of hydrogen-bond donors (Lipinski definition) is 0. The number of aromatic nitrogens is 1. The molecule has 0 saturated carbocycles. The second kappa shape index (κ2) is 4.21. The molecule has 0 bridgehead atoms. The first-order chi connectivity index (χ1) is 8.53. The van der Waals surface area contributed by atoms with Gasteiger partial charge in [0, 0.05) is 17.9 Å². The molecule has 1 aromatic heterocycles. The van der Waals surface area contributed by atoms with E-state index in [9.17, 15) is 13.2 Å². The van der Waals surface area contributed by atoms with Gasteiger partial charge in [0.05, 0.1) is 16.8 Å². The summed E-state index contributed by atoms with van der Waals surface area (Å²) < 4.78 is 49.3. The van der Waals surface area contributed by atoms with E-state index in [0.717, 1.165) is 12.3 Å². The minimum Gasteiger partial charge on any atom is -0.399 e. The van der Waals surface area contributed by atoms with Gasteiger partial charge in [0.25, 0.3) is 0 Å². The monoisotopic (exact) mass is 273 g/mol. The Morgan fingerprint density at radius 3 is 2.05 bits per heavy atom. The third-order valence-corrected chi connectivity index (χ3v) is 3.61. The summed E-state index contributed by atoms with van der Waals surface area (Å²) in [5, 5.41) is 0. The second-order valence-electron chi connectivity index (χ2n) is 5.59. The van der Waals surface area contributed by atoms with Crippen molar-refractivity contribution in [1.82, 2.24) is 4.98 Å². The molecule has 0 radical (unpaired) electrons. The van der Waals surface area contributed by atoms with Crippen molar-refractivity contribution in [2.24, 2.45) is 0 Å². The van der Waals surface area contributed by atoms with Crippen molar-refractivity contribution in [3.8, 4) is 0 Å². The van der Waals surface area contributed by atoms with Crippen LogP contribution in [-0.2, 0) is 15.5 Å². The lowest BCUT2D eigenvalue weighted by atomic mass is 9.80. The Morgan fingerprint density at radius 2 is 1.58 bits per heavy atom. The third kappa shape index (κ3) is 2.62. The van der Waals surface area contributed by atoms with E-state index >= 15 is 0 Å². The second-order valence-corrected chi connectivity index (χ2v) is 5.59. The highest BCUT2D eigenvalue weighted by Crippen LogP contribution is 2.36. The third-order valence-electron chi connectivity index (χ3n) is 3.61. The van der Waals surface area contributed by atoms with Gasteiger partial charge < -0.3 is 9.31 Å². The first-order valence-corrected chi connectivity index (χ1v) is 5.91. The molecule has 1 aliphatic heterocycles. The average Bonchev–Trinajstić information content (AvgIpc) is 2.47. The van der Waals surface area contributed by atoms with E-state index in [1.54, 1.807) is 0 Å². The van der Waals surface area contributed by atoms with Crippen molar-refractivity contribution in [1.29, 1.82) is 0 Å². The number of alkyl halides is 3. The molecule has 1 aromatic rings. The molecule has 0 spiro atoms. The summed E-state index contributed by atoms with van der Waals surface area (Å²) in [4.78, 5) is 3.61. The van der Waals surface area contributed by atoms with E-state index in [1.165, 1.54) is 6.20 Å². The first-order valence-electron chi connectivity index (χ1n) is 5.91. The number of pyridine rings is 1. The zero-order valence-electron chi connectivity index (χ0n) is 11.2. The molecule has 0 amide bonds. The van der Waals surface area contributed by atoms with Gasteiger partial charge in [0.1, 0.15) is 0 Å². The zero-order chi connectivity index (χ0) is 14.5. The molecule has 0 atom stereocenters. The van der Waals surface area contributed by atoms with Crippen LogP contribution in [0.15, 0.2) is 18.5 Å². The quantitative estimate of drug-likeness (QED) is 0.736. The first kappa shape index (κ1) is 14.3. The normalized spacial score (nSPS) is 21.7. The fourth-order valence-corrected chi connectivity index (χ4v) is 1.72. The highest BCUT2D eigenvalue weighted by molar-refractivity contribution is 6.62. The molecular formula is C12H15BF3NO2. The van der Waals surface area contributed by atoms with Gasteiger partial charge in [-0.05, 0) is 33.8 Å². The molecule has 0 unspecified atom stereocenters. The van der Waals surface area contributed by atoms with Crippen LogP contribution in [0.5, 0.6) is 0 Å². The van der Waals surface area contributed by atoms with E-state index in [4.69, 9.17) is 9.31 Å². The van der Waals surface area contributed by atoms with Gasteiger partial charge in [0.2, 0.25) is 0 Å². The van der Waals surface area contributed by atoms with Gasteiger partial charge in [0.15, 0.2) is 0 Å². The van der Waals surface area contributed by atoms with Crippen molar-refractivity contribution in [2.75, 3.05) is 0 Å². The lowest BCUT2D eigenvalue weighted by molar-refractivity contribution is -0.137. The highest BCUT2D eigenvalue weighted by Gasteiger charge is 2.52. The van der Waals surface area contributed by atoms with E-state index in [2.05, 4.69) is 4.98 Å². The molecule has 1 aliphatic rings. The van der Waals surface area contributed by atoms with E-state index in [1.807, 2.05) is 27.7 Å². The predicted molar refractivity (Wildman–Crippen MR) is 65.0 cm³/mol. The largest absolute Gasteiger partial charge is 0.496 e. The Labute approximate surface area is 110 Å².